The van der Waals surface area contributed by atoms with Gasteiger partial charge in [0.25, 0.3) is 0 Å². The lowest BCUT2D eigenvalue weighted by Gasteiger charge is -2.33. The molecule has 208 valence electrons. The van der Waals surface area contributed by atoms with Crippen LogP contribution in [-0.2, 0) is 32.6 Å². The zero-order valence-corrected chi connectivity index (χ0v) is 23.2. The number of sulfonamides is 1. The number of nitrogens with zero attached hydrogens (tertiary/aromatic N) is 2. The highest BCUT2D eigenvalue weighted by Crippen LogP contribution is 2.30. The second kappa shape index (κ2) is 13.7. The van der Waals surface area contributed by atoms with E-state index in [1.54, 1.807) is 38.1 Å². The number of hydrogen-bond donors (Lipinski definition) is 1. The minimum Gasteiger partial charge on any atom is -0.492 e. The average Bonchev–Trinajstić information content (AvgIpc) is 2.91. The van der Waals surface area contributed by atoms with Crippen molar-refractivity contribution in [3.8, 4) is 5.75 Å². The van der Waals surface area contributed by atoms with Gasteiger partial charge in [-0.05, 0) is 49.2 Å². The van der Waals surface area contributed by atoms with Crippen molar-refractivity contribution in [2.75, 3.05) is 30.3 Å². The third-order valence-electron chi connectivity index (χ3n) is 6.00. The number of nitrogens with one attached hydrogen (secondary N) is 1. The molecule has 0 heterocycles. The van der Waals surface area contributed by atoms with E-state index in [1.165, 1.54) is 29.2 Å². The fourth-order valence-electron chi connectivity index (χ4n) is 4.17. The minimum atomic E-state index is -3.93. The number of rotatable bonds is 13. The molecule has 10 heteroatoms. The van der Waals surface area contributed by atoms with Crippen LogP contribution in [0.2, 0.25) is 0 Å². The smallest absolute Gasteiger partial charge is 0.244 e. The molecule has 3 rings (SSSR count). The van der Waals surface area contributed by atoms with Crippen LogP contribution in [0.25, 0.3) is 0 Å². The molecule has 0 aliphatic heterocycles. The third-order valence-corrected chi connectivity index (χ3v) is 7.13. The van der Waals surface area contributed by atoms with Gasteiger partial charge in [0.2, 0.25) is 21.8 Å². The molecular formula is C29H34FN3O5S. The average molecular weight is 556 g/mol. The Bertz CT molecular complexity index is 1350. The molecule has 0 aliphatic carbocycles. The lowest BCUT2D eigenvalue weighted by Crippen LogP contribution is -2.53. The van der Waals surface area contributed by atoms with Crippen LogP contribution in [0.3, 0.4) is 0 Å². The molecule has 0 fully saturated rings. The van der Waals surface area contributed by atoms with Crippen LogP contribution in [0.1, 0.15) is 25.0 Å². The van der Waals surface area contributed by atoms with Crippen molar-refractivity contribution >= 4 is 27.5 Å². The Balaban J connectivity index is 2.05. The molecule has 0 unspecified atom stereocenters. The van der Waals surface area contributed by atoms with Gasteiger partial charge in [0, 0.05) is 19.5 Å². The van der Waals surface area contributed by atoms with E-state index in [2.05, 4.69) is 5.32 Å². The van der Waals surface area contributed by atoms with Crippen LogP contribution in [0.5, 0.6) is 5.75 Å². The quantitative estimate of drug-likeness (QED) is 0.347. The number of amides is 2. The van der Waals surface area contributed by atoms with Crippen molar-refractivity contribution in [2.45, 2.75) is 32.9 Å². The van der Waals surface area contributed by atoms with E-state index < -0.39 is 34.3 Å². The number of benzene rings is 3. The molecule has 8 nitrogen and oxygen atoms in total. The molecule has 3 aromatic rings. The van der Waals surface area contributed by atoms with E-state index in [1.807, 2.05) is 30.3 Å². The topological polar surface area (TPSA) is 96.0 Å². The second-order valence-electron chi connectivity index (χ2n) is 8.92. The normalized spacial score (nSPS) is 11.9. The molecule has 3 aromatic carbocycles. The van der Waals surface area contributed by atoms with Crippen LogP contribution in [0.4, 0.5) is 10.1 Å². The number of hydrogen-bond acceptors (Lipinski definition) is 5. The van der Waals surface area contributed by atoms with Crippen molar-refractivity contribution < 1.29 is 27.1 Å². The van der Waals surface area contributed by atoms with Gasteiger partial charge in [-0.3, -0.25) is 13.9 Å². The number of para-hydroxylation sites is 2. The highest BCUT2D eigenvalue weighted by Gasteiger charge is 2.33. The molecule has 2 amide bonds. The summed E-state index contributed by atoms with van der Waals surface area (Å²) in [5.74, 6) is -1.09. The van der Waals surface area contributed by atoms with E-state index in [4.69, 9.17) is 4.74 Å². The first kappa shape index (κ1) is 29.6. The van der Waals surface area contributed by atoms with Crippen LogP contribution < -0.4 is 14.4 Å². The molecule has 0 radical (unpaired) electrons. The monoisotopic (exact) mass is 555 g/mol. The SMILES string of the molecule is CCNC(=O)[C@@H](Cc1ccccc1)N(Cc1ccc(F)cc1)C(=O)CN(c1ccccc1OCC)S(C)(=O)=O. The summed E-state index contributed by atoms with van der Waals surface area (Å²) in [5.41, 5.74) is 1.63. The zero-order chi connectivity index (χ0) is 28.4. The summed E-state index contributed by atoms with van der Waals surface area (Å²) in [4.78, 5) is 28.6. The Kier molecular flexibility index (Phi) is 10.4. The van der Waals surface area contributed by atoms with Crippen molar-refractivity contribution in [3.05, 3.63) is 95.8 Å². The van der Waals surface area contributed by atoms with E-state index in [0.29, 0.717) is 24.5 Å². The van der Waals surface area contributed by atoms with Crippen LogP contribution >= 0.6 is 0 Å². The van der Waals surface area contributed by atoms with Gasteiger partial charge in [0.15, 0.2) is 0 Å². The summed E-state index contributed by atoms with van der Waals surface area (Å²) in [5, 5.41) is 2.79. The summed E-state index contributed by atoms with van der Waals surface area (Å²) >= 11 is 0. The van der Waals surface area contributed by atoms with Gasteiger partial charge in [-0.25, -0.2) is 12.8 Å². The molecular weight excluding hydrogens is 521 g/mol. The van der Waals surface area contributed by atoms with Gasteiger partial charge in [0.05, 0.1) is 18.6 Å². The minimum absolute atomic E-state index is 0.0293. The molecule has 0 aliphatic rings. The number of ether oxygens (including phenoxy) is 1. The number of carbonyl (C=O) groups is 2. The van der Waals surface area contributed by atoms with E-state index in [9.17, 15) is 22.4 Å². The van der Waals surface area contributed by atoms with Crippen LogP contribution in [0, 0.1) is 5.82 Å². The van der Waals surface area contributed by atoms with E-state index in [0.717, 1.165) is 16.1 Å². The first-order chi connectivity index (χ1) is 18.6. The fraction of sp³-hybridized carbons (Fsp3) is 0.310. The number of carbonyl (C=O) groups excluding carboxylic acids is 2. The third kappa shape index (κ3) is 8.28. The summed E-state index contributed by atoms with van der Waals surface area (Å²) < 4.78 is 46.1. The van der Waals surface area contributed by atoms with E-state index in [-0.39, 0.29) is 24.6 Å². The summed E-state index contributed by atoms with van der Waals surface area (Å²) in [6.45, 7) is 3.61. The Labute approximate surface area is 229 Å². The highest BCUT2D eigenvalue weighted by molar-refractivity contribution is 7.92. The van der Waals surface area contributed by atoms with Gasteiger partial charge in [0.1, 0.15) is 24.2 Å². The standard InChI is InChI=1S/C29H34FN3O5S/c1-4-31-29(35)26(19-22-11-7-6-8-12-22)32(20-23-15-17-24(30)18-16-23)28(34)21-33(39(3,36)37)25-13-9-10-14-27(25)38-5-2/h6-18,26H,4-5,19-21H2,1-3H3,(H,31,35)/t26-/m1/s1. The second-order valence-corrected chi connectivity index (χ2v) is 10.8. The molecule has 39 heavy (non-hydrogen) atoms. The van der Waals surface area contributed by atoms with Gasteiger partial charge in [-0.1, -0.05) is 54.6 Å². The van der Waals surface area contributed by atoms with Gasteiger partial charge in [-0.15, -0.1) is 0 Å². The number of halogens is 1. The molecule has 1 N–H and O–H groups in total. The van der Waals surface area contributed by atoms with Crippen LogP contribution in [-0.4, -0.2) is 57.1 Å². The Morgan fingerprint density at radius 1 is 0.923 bits per heavy atom. The van der Waals surface area contributed by atoms with Gasteiger partial charge < -0.3 is 15.0 Å². The lowest BCUT2D eigenvalue weighted by molar-refractivity contribution is -0.140. The Morgan fingerprint density at radius 3 is 2.18 bits per heavy atom. The molecule has 0 saturated heterocycles. The molecule has 0 saturated carbocycles. The zero-order valence-electron chi connectivity index (χ0n) is 22.3. The molecule has 0 spiro atoms. The van der Waals surface area contributed by atoms with E-state index >= 15 is 0 Å². The Morgan fingerprint density at radius 2 is 1.56 bits per heavy atom. The maximum absolute atomic E-state index is 14.0. The van der Waals surface area contributed by atoms with Crippen LogP contribution in [0.15, 0.2) is 78.9 Å². The van der Waals surface area contributed by atoms with Crippen molar-refractivity contribution in [3.63, 3.8) is 0 Å². The summed E-state index contributed by atoms with van der Waals surface area (Å²) in [6, 6.07) is 20.5. The maximum atomic E-state index is 14.0. The van der Waals surface area contributed by atoms with Crippen molar-refractivity contribution in [2.24, 2.45) is 0 Å². The van der Waals surface area contributed by atoms with Crippen molar-refractivity contribution in [1.29, 1.82) is 0 Å². The largest absolute Gasteiger partial charge is 0.492 e. The summed E-state index contributed by atoms with van der Waals surface area (Å²) in [6.07, 6.45) is 1.21. The number of anilines is 1. The molecule has 0 bridgehead atoms. The fourth-order valence-corrected chi connectivity index (χ4v) is 5.02. The predicted octanol–water partition coefficient (Wildman–Crippen LogP) is 3.77. The highest BCUT2D eigenvalue weighted by atomic mass is 32.2. The predicted molar refractivity (Wildman–Crippen MR) is 149 cm³/mol. The van der Waals surface area contributed by atoms with Gasteiger partial charge >= 0.3 is 0 Å². The molecule has 0 aromatic heterocycles. The van der Waals surface area contributed by atoms with Gasteiger partial charge in [-0.2, -0.15) is 0 Å². The Hall–Kier alpha value is -3.92. The lowest BCUT2D eigenvalue weighted by atomic mass is 10.0. The maximum Gasteiger partial charge on any atom is 0.244 e. The molecule has 1 atom stereocenters. The summed E-state index contributed by atoms with van der Waals surface area (Å²) in [7, 11) is -3.93. The first-order valence-electron chi connectivity index (χ1n) is 12.7. The first-order valence-corrected chi connectivity index (χ1v) is 14.5. The van der Waals surface area contributed by atoms with Crippen molar-refractivity contribution in [1.82, 2.24) is 10.2 Å². The number of likely N-dealkylation sites (N-methyl/N-ethyl adjacent to an activating group) is 1.